The summed E-state index contributed by atoms with van der Waals surface area (Å²) >= 11 is 1.68. The summed E-state index contributed by atoms with van der Waals surface area (Å²) in [5, 5.41) is 3.21. The molecule has 0 saturated carbocycles. The summed E-state index contributed by atoms with van der Waals surface area (Å²) in [5.41, 5.74) is 1.04. The van der Waals surface area contributed by atoms with E-state index in [1.54, 1.807) is 11.3 Å². The highest BCUT2D eigenvalue weighted by Gasteiger charge is 2.16. The molecular weight excluding hydrogens is 248 g/mol. The summed E-state index contributed by atoms with van der Waals surface area (Å²) in [5.74, 6) is -0.169. The molecule has 1 heterocycles. The standard InChI is InChI=1S/C13H22N2O2S/c1-5-12-14-11(9-18-12)7-15(10(3)4)8-13(16)17-6-2/h9-10H,5-8H2,1-4H3. The fraction of sp³-hybridized carbons (Fsp3) is 0.692. The first-order chi connectivity index (χ1) is 8.56. The van der Waals surface area contributed by atoms with E-state index in [-0.39, 0.29) is 5.97 Å². The van der Waals surface area contributed by atoms with Crippen molar-refractivity contribution < 1.29 is 9.53 Å². The average Bonchev–Trinajstić information content (AvgIpc) is 2.76. The molecule has 4 nitrogen and oxygen atoms in total. The smallest absolute Gasteiger partial charge is 0.320 e. The third kappa shape index (κ3) is 4.74. The van der Waals surface area contributed by atoms with Crippen LogP contribution in [0.4, 0.5) is 0 Å². The molecule has 0 radical (unpaired) electrons. The Bertz CT molecular complexity index is 377. The van der Waals surface area contributed by atoms with Crippen molar-refractivity contribution in [3.63, 3.8) is 0 Å². The van der Waals surface area contributed by atoms with Gasteiger partial charge in [0, 0.05) is 18.0 Å². The molecule has 0 unspecified atom stereocenters. The Morgan fingerprint density at radius 1 is 1.50 bits per heavy atom. The second-order valence-electron chi connectivity index (χ2n) is 4.39. The minimum Gasteiger partial charge on any atom is -0.465 e. The SMILES string of the molecule is CCOC(=O)CN(Cc1csc(CC)n1)C(C)C. The number of carbonyl (C=O) groups excluding carboxylic acids is 1. The molecule has 5 heteroatoms. The first-order valence-electron chi connectivity index (χ1n) is 6.39. The average molecular weight is 270 g/mol. The zero-order valence-corrected chi connectivity index (χ0v) is 12.4. The zero-order chi connectivity index (χ0) is 13.5. The van der Waals surface area contributed by atoms with Crippen LogP contribution in [-0.2, 0) is 22.5 Å². The highest BCUT2D eigenvalue weighted by Crippen LogP contribution is 2.13. The molecule has 102 valence electrons. The van der Waals surface area contributed by atoms with Gasteiger partial charge in [-0.3, -0.25) is 9.69 Å². The van der Waals surface area contributed by atoms with E-state index in [2.05, 4.69) is 36.0 Å². The third-order valence-electron chi connectivity index (χ3n) is 2.63. The summed E-state index contributed by atoms with van der Waals surface area (Å²) in [6, 6.07) is 0.293. The van der Waals surface area contributed by atoms with Crippen LogP contribution in [0.2, 0.25) is 0 Å². The Kier molecular flexibility index (Phi) is 6.29. The molecule has 0 N–H and O–H groups in total. The topological polar surface area (TPSA) is 42.4 Å². The third-order valence-corrected chi connectivity index (χ3v) is 3.68. The van der Waals surface area contributed by atoms with Crippen molar-refractivity contribution in [2.75, 3.05) is 13.2 Å². The van der Waals surface area contributed by atoms with E-state index in [0.717, 1.165) is 17.1 Å². The van der Waals surface area contributed by atoms with Crippen LogP contribution in [0.1, 0.15) is 38.4 Å². The number of aryl methyl sites for hydroxylation is 1. The second kappa shape index (κ2) is 7.48. The van der Waals surface area contributed by atoms with Gasteiger partial charge in [0.15, 0.2) is 0 Å². The van der Waals surface area contributed by atoms with Crippen molar-refractivity contribution in [3.8, 4) is 0 Å². The predicted molar refractivity (Wildman–Crippen MR) is 73.7 cm³/mol. The van der Waals surface area contributed by atoms with Gasteiger partial charge in [-0.05, 0) is 27.2 Å². The summed E-state index contributed by atoms with van der Waals surface area (Å²) in [4.78, 5) is 18.1. The Morgan fingerprint density at radius 2 is 2.22 bits per heavy atom. The maximum absolute atomic E-state index is 11.5. The van der Waals surface area contributed by atoms with Gasteiger partial charge in [0.05, 0.1) is 23.9 Å². The van der Waals surface area contributed by atoms with Crippen molar-refractivity contribution in [1.29, 1.82) is 0 Å². The summed E-state index contributed by atoms with van der Waals surface area (Å²) in [7, 11) is 0. The number of carbonyl (C=O) groups is 1. The molecule has 0 aliphatic rings. The zero-order valence-electron chi connectivity index (χ0n) is 11.6. The van der Waals surface area contributed by atoms with E-state index in [1.807, 2.05) is 6.92 Å². The van der Waals surface area contributed by atoms with Crippen LogP contribution in [0.3, 0.4) is 0 Å². The first-order valence-corrected chi connectivity index (χ1v) is 7.27. The number of rotatable bonds is 7. The predicted octanol–water partition coefficient (Wildman–Crippen LogP) is 2.48. The van der Waals surface area contributed by atoms with E-state index in [1.165, 1.54) is 0 Å². The minimum atomic E-state index is -0.169. The summed E-state index contributed by atoms with van der Waals surface area (Å²) in [6.07, 6.45) is 0.963. The van der Waals surface area contributed by atoms with Crippen molar-refractivity contribution >= 4 is 17.3 Å². The van der Waals surface area contributed by atoms with Crippen LogP contribution in [-0.4, -0.2) is 35.0 Å². The number of aromatic nitrogens is 1. The molecule has 0 aliphatic carbocycles. The molecule has 0 amide bonds. The molecule has 1 aromatic heterocycles. The van der Waals surface area contributed by atoms with Gasteiger partial charge in [-0.15, -0.1) is 11.3 Å². The maximum atomic E-state index is 11.5. The molecule has 0 bridgehead atoms. The van der Waals surface area contributed by atoms with Crippen LogP contribution in [0, 0.1) is 0 Å². The lowest BCUT2D eigenvalue weighted by Crippen LogP contribution is -2.36. The largest absolute Gasteiger partial charge is 0.465 e. The molecule has 0 aliphatic heterocycles. The Labute approximate surface area is 113 Å². The van der Waals surface area contributed by atoms with Crippen molar-refractivity contribution in [3.05, 3.63) is 16.1 Å². The molecule has 0 fully saturated rings. The summed E-state index contributed by atoms with van der Waals surface area (Å²) in [6.45, 7) is 9.53. The number of ether oxygens (including phenoxy) is 1. The number of thiazole rings is 1. The van der Waals surface area contributed by atoms with Crippen LogP contribution in [0.15, 0.2) is 5.38 Å². The molecule has 0 aromatic carbocycles. The Balaban J connectivity index is 2.59. The van der Waals surface area contributed by atoms with Crippen molar-refractivity contribution in [1.82, 2.24) is 9.88 Å². The van der Waals surface area contributed by atoms with Gasteiger partial charge in [0.2, 0.25) is 0 Å². The number of hydrogen-bond donors (Lipinski definition) is 0. The minimum absolute atomic E-state index is 0.169. The molecule has 1 aromatic rings. The van der Waals surface area contributed by atoms with Gasteiger partial charge in [-0.2, -0.15) is 0 Å². The number of hydrogen-bond acceptors (Lipinski definition) is 5. The van der Waals surface area contributed by atoms with Crippen LogP contribution in [0.5, 0.6) is 0 Å². The maximum Gasteiger partial charge on any atom is 0.320 e. The lowest BCUT2D eigenvalue weighted by atomic mass is 10.3. The van der Waals surface area contributed by atoms with E-state index in [0.29, 0.717) is 25.7 Å². The first kappa shape index (κ1) is 15.1. The van der Waals surface area contributed by atoms with Gasteiger partial charge >= 0.3 is 5.97 Å². The molecule has 18 heavy (non-hydrogen) atoms. The Hall–Kier alpha value is -0.940. The Morgan fingerprint density at radius 3 is 2.72 bits per heavy atom. The fourth-order valence-electron chi connectivity index (χ4n) is 1.59. The highest BCUT2D eigenvalue weighted by atomic mass is 32.1. The second-order valence-corrected chi connectivity index (χ2v) is 5.33. The highest BCUT2D eigenvalue weighted by molar-refractivity contribution is 7.09. The van der Waals surface area contributed by atoms with Gasteiger partial charge in [0.1, 0.15) is 0 Å². The van der Waals surface area contributed by atoms with Crippen molar-refractivity contribution in [2.45, 2.75) is 46.7 Å². The lowest BCUT2D eigenvalue weighted by Gasteiger charge is -2.24. The fourth-order valence-corrected chi connectivity index (χ4v) is 2.32. The molecular formula is C13H22N2O2S. The quantitative estimate of drug-likeness (QED) is 0.714. The monoisotopic (exact) mass is 270 g/mol. The lowest BCUT2D eigenvalue weighted by molar-refractivity contribution is -0.145. The van der Waals surface area contributed by atoms with Gasteiger partial charge < -0.3 is 4.74 Å². The van der Waals surface area contributed by atoms with E-state index in [9.17, 15) is 4.79 Å². The summed E-state index contributed by atoms with van der Waals surface area (Å²) < 4.78 is 4.99. The van der Waals surface area contributed by atoms with Gasteiger partial charge in [0.25, 0.3) is 0 Å². The molecule has 0 spiro atoms. The molecule has 1 rings (SSSR count). The van der Waals surface area contributed by atoms with Crippen LogP contribution >= 0.6 is 11.3 Å². The van der Waals surface area contributed by atoms with Crippen LogP contribution in [0.25, 0.3) is 0 Å². The van der Waals surface area contributed by atoms with E-state index < -0.39 is 0 Å². The van der Waals surface area contributed by atoms with Gasteiger partial charge in [-0.1, -0.05) is 6.92 Å². The van der Waals surface area contributed by atoms with Gasteiger partial charge in [-0.25, -0.2) is 4.98 Å². The van der Waals surface area contributed by atoms with Crippen molar-refractivity contribution in [2.24, 2.45) is 0 Å². The number of esters is 1. The number of nitrogens with zero attached hydrogens (tertiary/aromatic N) is 2. The molecule has 0 atom stereocenters. The van der Waals surface area contributed by atoms with E-state index >= 15 is 0 Å². The normalized spacial score (nSPS) is 11.2. The van der Waals surface area contributed by atoms with E-state index in [4.69, 9.17) is 4.74 Å². The molecule has 0 saturated heterocycles. The van der Waals surface area contributed by atoms with Crippen LogP contribution < -0.4 is 0 Å².